The molecule has 0 aliphatic carbocycles. The highest BCUT2D eigenvalue weighted by molar-refractivity contribution is 7.99. The predicted octanol–water partition coefficient (Wildman–Crippen LogP) is 0.903. The van der Waals surface area contributed by atoms with Crippen LogP contribution in [0.2, 0.25) is 0 Å². The van der Waals surface area contributed by atoms with Crippen molar-refractivity contribution < 1.29 is 24.2 Å². The molecule has 112 valence electrons. The number of rotatable bonds is 3. The number of nitrogens with one attached hydrogen (secondary N) is 1. The molecule has 0 aromatic heterocycles. The van der Waals surface area contributed by atoms with Gasteiger partial charge in [0, 0.05) is 5.75 Å². The number of fused-ring (bicyclic) bond motifs is 1. The topological polar surface area (TPSA) is 84.9 Å². The average molecular weight is 309 g/mol. The van der Waals surface area contributed by atoms with Crippen LogP contribution < -0.4 is 14.8 Å². The molecule has 2 heterocycles. The Morgan fingerprint density at radius 3 is 2.76 bits per heavy atom. The highest BCUT2D eigenvalue weighted by Crippen LogP contribution is 2.32. The summed E-state index contributed by atoms with van der Waals surface area (Å²) in [5.74, 6) is 0.725. The first kappa shape index (κ1) is 14.1. The van der Waals surface area contributed by atoms with Crippen LogP contribution in [0.4, 0.5) is 0 Å². The van der Waals surface area contributed by atoms with Gasteiger partial charge in [-0.25, -0.2) is 4.79 Å². The van der Waals surface area contributed by atoms with Crippen LogP contribution in [0.25, 0.3) is 0 Å². The summed E-state index contributed by atoms with van der Waals surface area (Å²) >= 11 is 1.52. The number of benzene rings is 1. The molecule has 3 rings (SSSR count). The molecule has 2 N–H and O–H groups in total. The van der Waals surface area contributed by atoms with E-state index in [0.717, 1.165) is 5.75 Å². The number of hydrogen-bond acceptors (Lipinski definition) is 5. The zero-order valence-electron chi connectivity index (χ0n) is 11.2. The molecule has 21 heavy (non-hydrogen) atoms. The molecule has 1 aromatic rings. The summed E-state index contributed by atoms with van der Waals surface area (Å²) in [5.41, 5.74) is -1.19. The Kier molecular flexibility index (Phi) is 3.67. The smallest absolute Gasteiger partial charge is 0.330 e. The van der Waals surface area contributed by atoms with Gasteiger partial charge >= 0.3 is 5.97 Å². The zero-order valence-corrected chi connectivity index (χ0v) is 12.0. The molecule has 1 amide bonds. The summed E-state index contributed by atoms with van der Waals surface area (Å²) in [4.78, 5) is 23.7. The van der Waals surface area contributed by atoms with Gasteiger partial charge in [-0.1, -0.05) is 12.1 Å². The number of aliphatic carboxylic acids is 1. The van der Waals surface area contributed by atoms with Crippen molar-refractivity contribution >= 4 is 23.6 Å². The van der Waals surface area contributed by atoms with Crippen molar-refractivity contribution in [1.82, 2.24) is 5.32 Å². The minimum Gasteiger partial charge on any atom is -0.485 e. The highest BCUT2D eigenvalue weighted by atomic mass is 32.2. The molecule has 6 nitrogen and oxygen atoms in total. The number of ether oxygens (including phenoxy) is 2. The molecule has 1 fully saturated rings. The third-order valence-corrected chi connectivity index (χ3v) is 4.78. The quantitative estimate of drug-likeness (QED) is 0.863. The number of carbonyl (C=O) groups is 2. The second-order valence-electron chi connectivity index (χ2n) is 5.04. The molecule has 0 spiro atoms. The SMILES string of the molecule is O=C(N[C@]1(C(=O)O)CCSC1)[C@@H]1COc2ccccc2O1. The van der Waals surface area contributed by atoms with E-state index in [4.69, 9.17) is 9.47 Å². The van der Waals surface area contributed by atoms with Gasteiger partial charge in [-0.05, 0) is 24.3 Å². The molecule has 0 radical (unpaired) electrons. The second-order valence-corrected chi connectivity index (χ2v) is 6.15. The molecule has 2 aliphatic rings. The largest absolute Gasteiger partial charge is 0.485 e. The van der Waals surface area contributed by atoms with E-state index in [1.807, 2.05) is 6.07 Å². The van der Waals surface area contributed by atoms with Crippen molar-refractivity contribution in [3.8, 4) is 11.5 Å². The second kappa shape index (κ2) is 5.48. The van der Waals surface area contributed by atoms with Crippen molar-refractivity contribution in [2.45, 2.75) is 18.1 Å². The molecule has 7 heteroatoms. The Balaban J connectivity index is 1.71. The van der Waals surface area contributed by atoms with Crippen LogP contribution in [-0.2, 0) is 9.59 Å². The van der Waals surface area contributed by atoms with E-state index in [-0.39, 0.29) is 6.61 Å². The summed E-state index contributed by atoms with van der Waals surface area (Å²) in [5, 5.41) is 12.0. The van der Waals surface area contributed by atoms with E-state index in [2.05, 4.69) is 5.32 Å². The molecule has 2 atom stereocenters. The Hall–Kier alpha value is -1.89. The van der Waals surface area contributed by atoms with Gasteiger partial charge in [0.05, 0.1) is 0 Å². The zero-order chi connectivity index (χ0) is 14.9. The molecule has 0 unspecified atom stereocenters. The lowest BCUT2D eigenvalue weighted by Crippen LogP contribution is -2.59. The average Bonchev–Trinajstić information content (AvgIpc) is 2.96. The lowest BCUT2D eigenvalue weighted by atomic mass is 9.99. The van der Waals surface area contributed by atoms with Crippen molar-refractivity contribution in [2.24, 2.45) is 0 Å². The Bertz CT molecular complexity index is 570. The van der Waals surface area contributed by atoms with Gasteiger partial charge < -0.3 is 19.9 Å². The van der Waals surface area contributed by atoms with Gasteiger partial charge in [-0.2, -0.15) is 11.8 Å². The third kappa shape index (κ3) is 2.65. The first-order chi connectivity index (χ1) is 10.1. The van der Waals surface area contributed by atoms with Crippen LogP contribution in [0.1, 0.15) is 6.42 Å². The molecule has 0 saturated carbocycles. The van der Waals surface area contributed by atoms with E-state index in [1.54, 1.807) is 18.2 Å². The fraction of sp³-hybridized carbons (Fsp3) is 0.429. The fourth-order valence-electron chi connectivity index (χ4n) is 2.35. The van der Waals surface area contributed by atoms with Crippen LogP contribution in [0.5, 0.6) is 11.5 Å². The first-order valence-corrected chi connectivity index (χ1v) is 7.78. The number of carbonyl (C=O) groups excluding carboxylic acids is 1. The van der Waals surface area contributed by atoms with Gasteiger partial charge in [0.1, 0.15) is 12.1 Å². The van der Waals surface area contributed by atoms with Crippen LogP contribution in [0.3, 0.4) is 0 Å². The lowest BCUT2D eigenvalue weighted by Gasteiger charge is -2.30. The van der Waals surface area contributed by atoms with E-state index in [1.165, 1.54) is 11.8 Å². The summed E-state index contributed by atoms with van der Waals surface area (Å²) in [6, 6.07) is 7.08. The van der Waals surface area contributed by atoms with E-state index >= 15 is 0 Å². The summed E-state index contributed by atoms with van der Waals surface area (Å²) in [7, 11) is 0. The summed E-state index contributed by atoms with van der Waals surface area (Å²) in [6.07, 6.45) is -0.412. The van der Waals surface area contributed by atoms with E-state index < -0.39 is 23.5 Å². The molecular formula is C14H15NO5S. The Morgan fingerprint density at radius 1 is 1.33 bits per heavy atom. The highest BCUT2D eigenvalue weighted by Gasteiger charge is 2.45. The maximum Gasteiger partial charge on any atom is 0.330 e. The van der Waals surface area contributed by atoms with E-state index in [0.29, 0.717) is 23.7 Å². The monoisotopic (exact) mass is 309 g/mol. The molecule has 2 aliphatic heterocycles. The molecule has 0 bridgehead atoms. The van der Waals surface area contributed by atoms with Gasteiger partial charge in [-0.15, -0.1) is 0 Å². The Morgan fingerprint density at radius 2 is 2.10 bits per heavy atom. The maximum atomic E-state index is 12.3. The van der Waals surface area contributed by atoms with Crippen LogP contribution >= 0.6 is 11.8 Å². The van der Waals surface area contributed by atoms with Gasteiger partial charge in [0.25, 0.3) is 5.91 Å². The number of carboxylic acids is 1. The number of amides is 1. The summed E-state index contributed by atoms with van der Waals surface area (Å²) < 4.78 is 11.1. The van der Waals surface area contributed by atoms with Crippen LogP contribution in [-0.4, -0.2) is 46.7 Å². The fourth-order valence-corrected chi connectivity index (χ4v) is 3.68. The van der Waals surface area contributed by atoms with Crippen LogP contribution in [0, 0.1) is 0 Å². The van der Waals surface area contributed by atoms with E-state index in [9.17, 15) is 14.7 Å². The van der Waals surface area contributed by atoms with Crippen molar-refractivity contribution in [1.29, 1.82) is 0 Å². The number of para-hydroxylation sites is 2. The molecule has 1 aromatic carbocycles. The van der Waals surface area contributed by atoms with Gasteiger partial charge in [0.2, 0.25) is 6.10 Å². The normalized spacial score (nSPS) is 27.1. The summed E-state index contributed by atoms with van der Waals surface area (Å²) in [6.45, 7) is 0.0751. The number of carboxylic acid groups (broad SMARTS) is 1. The predicted molar refractivity (Wildman–Crippen MR) is 76.8 cm³/mol. The molecule has 1 saturated heterocycles. The minimum absolute atomic E-state index is 0.0751. The lowest BCUT2D eigenvalue weighted by molar-refractivity contribution is -0.148. The van der Waals surface area contributed by atoms with Crippen LogP contribution in [0.15, 0.2) is 24.3 Å². The van der Waals surface area contributed by atoms with Gasteiger partial charge in [-0.3, -0.25) is 4.79 Å². The van der Waals surface area contributed by atoms with Crippen molar-refractivity contribution in [3.05, 3.63) is 24.3 Å². The molecular weight excluding hydrogens is 294 g/mol. The van der Waals surface area contributed by atoms with Crippen molar-refractivity contribution in [2.75, 3.05) is 18.1 Å². The Labute approximate surface area is 125 Å². The minimum atomic E-state index is -1.19. The standard InChI is InChI=1S/C14H15NO5S/c16-12(15-14(13(17)18)5-6-21-8-14)11-7-19-9-3-1-2-4-10(9)20-11/h1-4,11H,5-8H2,(H,15,16)(H,17,18)/t11-,14+/m0/s1. The number of hydrogen-bond donors (Lipinski definition) is 2. The van der Waals surface area contributed by atoms with Gasteiger partial charge in [0.15, 0.2) is 11.5 Å². The first-order valence-electron chi connectivity index (χ1n) is 6.62. The number of thioether (sulfide) groups is 1. The maximum absolute atomic E-state index is 12.3. The van der Waals surface area contributed by atoms with Crippen molar-refractivity contribution in [3.63, 3.8) is 0 Å². The third-order valence-electron chi connectivity index (χ3n) is 3.59.